The summed E-state index contributed by atoms with van der Waals surface area (Å²) in [6.07, 6.45) is -3.21. The minimum absolute atomic E-state index is 0.137. The van der Waals surface area contributed by atoms with Gasteiger partial charge in [-0.25, -0.2) is 4.68 Å². The summed E-state index contributed by atoms with van der Waals surface area (Å²) >= 11 is 5.77. The number of piperidine rings is 1. The number of rotatable bonds is 3. The molecule has 27 heavy (non-hydrogen) atoms. The molecule has 2 heterocycles. The molecule has 10 heteroatoms. The van der Waals surface area contributed by atoms with Gasteiger partial charge in [0.15, 0.2) is 5.69 Å². The highest BCUT2D eigenvalue weighted by Crippen LogP contribution is 2.34. The summed E-state index contributed by atoms with van der Waals surface area (Å²) in [5.41, 5.74) is 3.70. The van der Waals surface area contributed by atoms with Gasteiger partial charge < -0.3 is 10.6 Å². The lowest BCUT2D eigenvalue weighted by atomic mass is 9.96. The summed E-state index contributed by atoms with van der Waals surface area (Å²) in [4.78, 5) is 25.2. The van der Waals surface area contributed by atoms with E-state index in [-0.39, 0.29) is 24.7 Å². The molecule has 1 aliphatic heterocycles. The van der Waals surface area contributed by atoms with Gasteiger partial charge in [-0.05, 0) is 37.1 Å². The number of primary amides is 1. The van der Waals surface area contributed by atoms with E-state index in [1.807, 2.05) is 0 Å². The van der Waals surface area contributed by atoms with Crippen LogP contribution in [-0.2, 0) is 11.0 Å². The van der Waals surface area contributed by atoms with Gasteiger partial charge in [-0.1, -0.05) is 11.6 Å². The Hall–Kier alpha value is -2.55. The van der Waals surface area contributed by atoms with Crippen molar-refractivity contribution in [1.29, 1.82) is 0 Å². The highest BCUT2D eigenvalue weighted by atomic mass is 35.5. The molecule has 2 N–H and O–H groups in total. The van der Waals surface area contributed by atoms with Crippen LogP contribution in [0.1, 0.15) is 28.9 Å². The van der Waals surface area contributed by atoms with Crippen molar-refractivity contribution in [2.45, 2.75) is 19.0 Å². The van der Waals surface area contributed by atoms with Gasteiger partial charge in [0, 0.05) is 24.0 Å². The number of benzene rings is 1. The maximum Gasteiger partial charge on any atom is 0.434 e. The van der Waals surface area contributed by atoms with Gasteiger partial charge in [-0.15, -0.1) is 0 Å². The van der Waals surface area contributed by atoms with Gasteiger partial charge in [0.2, 0.25) is 5.91 Å². The van der Waals surface area contributed by atoms with E-state index in [9.17, 15) is 22.8 Å². The van der Waals surface area contributed by atoms with Crippen molar-refractivity contribution in [1.82, 2.24) is 14.7 Å². The Morgan fingerprint density at radius 2 is 1.74 bits per heavy atom. The monoisotopic (exact) mass is 400 g/mol. The number of amides is 2. The fourth-order valence-electron chi connectivity index (χ4n) is 3.09. The van der Waals surface area contributed by atoms with Crippen LogP contribution >= 0.6 is 11.6 Å². The molecule has 2 aromatic rings. The predicted octanol–water partition coefficient (Wildman–Crippen LogP) is 2.88. The van der Waals surface area contributed by atoms with Gasteiger partial charge >= 0.3 is 6.18 Å². The Labute approximate surface area is 157 Å². The van der Waals surface area contributed by atoms with Crippen LogP contribution in [0.3, 0.4) is 0 Å². The maximum atomic E-state index is 13.7. The number of hydrogen-bond donors (Lipinski definition) is 1. The van der Waals surface area contributed by atoms with E-state index in [1.54, 1.807) is 0 Å². The fraction of sp³-hybridized carbons (Fsp3) is 0.353. The van der Waals surface area contributed by atoms with Gasteiger partial charge in [0.25, 0.3) is 5.91 Å². The Morgan fingerprint density at radius 3 is 2.26 bits per heavy atom. The summed E-state index contributed by atoms with van der Waals surface area (Å²) in [7, 11) is 0. The van der Waals surface area contributed by atoms with Gasteiger partial charge in [-0.3, -0.25) is 9.59 Å². The molecule has 0 saturated carbocycles. The third-order valence-electron chi connectivity index (χ3n) is 4.52. The average Bonchev–Trinajstić information content (AvgIpc) is 3.07. The van der Waals surface area contributed by atoms with Crippen LogP contribution in [0, 0.1) is 5.92 Å². The molecule has 1 fully saturated rings. The number of carbonyl (C=O) groups excluding carboxylic acids is 2. The smallest absolute Gasteiger partial charge is 0.369 e. The van der Waals surface area contributed by atoms with Crippen molar-refractivity contribution < 1.29 is 22.8 Å². The summed E-state index contributed by atoms with van der Waals surface area (Å²) in [5.74, 6) is -1.60. The van der Waals surface area contributed by atoms with Crippen molar-refractivity contribution in [2.75, 3.05) is 13.1 Å². The number of aromatic nitrogens is 2. The van der Waals surface area contributed by atoms with Crippen LogP contribution in [0.5, 0.6) is 0 Å². The minimum atomic E-state index is -4.79. The average molecular weight is 401 g/mol. The molecule has 0 spiro atoms. The van der Waals surface area contributed by atoms with Crippen LogP contribution < -0.4 is 5.73 Å². The molecule has 0 bridgehead atoms. The number of alkyl halides is 3. The van der Waals surface area contributed by atoms with Crippen LogP contribution in [0.15, 0.2) is 30.5 Å². The molecule has 1 aromatic heterocycles. The van der Waals surface area contributed by atoms with E-state index in [4.69, 9.17) is 17.3 Å². The number of nitrogens with zero attached hydrogens (tertiary/aromatic N) is 3. The summed E-state index contributed by atoms with van der Waals surface area (Å²) in [6.45, 7) is 0.325. The highest BCUT2D eigenvalue weighted by molar-refractivity contribution is 6.30. The summed E-state index contributed by atoms with van der Waals surface area (Å²) in [6, 6.07) is 5.65. The standard InChI is InChI=1S/C17H16ClF3N4O2/c18-11-1-3-12(4-2-11)25-14(17(19,20)21)13(9-23-25)16(27)24-7-5-10(6-8-24)15(22)26/h1-4,9-10H,5-8H2,(H2,22,26). The first kappa shape index (κ1) is 19.2. The Kier molecular flexibility index (Phi) is 5.14. The second-order valence-electron chi connectivity index (χ2n) is 6.26. The second-order valence-corrected chi connectivity index (χ2v) is 6.70. The number of likely N-dealkylation sites (tertiary alicyclic amines) is 1. The largest absolute Gasteiger partial charge is 0.434 e. The molecule has 144 valence electrons. The van der Waals surface area contributed by atoms with Crippen molar-refractivity contribution >= 4 is 23.4 Å². The van der Waals surface area contributed by atoms with E-state index in [0.717, 1.165) is 6.20 Å². The van der Waals surface area contributed by atoms with Gasteiger partial charge in [-0.2, -0.15) is 18.3 Å². The first-order valence-corrected chi connectivity index (χ1v) is 8.56. The number of nitrogens with two attached hydrogens (primary N) is 1. The van der Waals surface area contributed by atoms with Crippen molar-refractivity contribution in [3.05, 3.63) is 46.7 Å². The fourth-order valence-corrected chi connectivity index (χ4v) is 3.22. The second kappa shape index (κ2) is 7.22. The molecule has 0 aliphatic carbocycles. The van der Waals surface area contributed by atoms with E-state index >= 15 is 0 Å². The summed E-state index contributed by atoms with van der Waals surface area (Å²) < 4.78 is 41.7. The molecule has 1 saturated heterocycles. The molecule has 1 aromatic carbocycles. The van der Waals surface area contributed by atoms with E-state index in [2.05, 4.69) is 5.10 Å². The quantitative estimate of drug-likeness (QED) is 0.860. The number of hydrogen-bond acceptors (Lipinski definition) is 3. The third kappa shape index (κ3) is 3.92. The molecule has 0 unspecified atom stereocenters. The topological polar surface area (TPSA) is 81.2 Å². The lowest BCUT2D eigenvalue weighted by Crippen LogP contribution is -2.42. The van der Waals surface area contributed by atoms with Crippen LogP contribution in [0.4, 0.5) is 13.2 Å². The van der Waals surface area contributed by atoms with E-state index < -0.39 is 29.2 Å². The lowest BCUT2D eigenvalue weighted by Gasteiger charge is -2.30. The molecule has 0 atom stereocenters. The normalized spacial score (nSPS) is 15.8. The summed E-state index contributed by atoms with van der Waals surface area (Å²) in [5, 5.41) is 4.14. The Morgan fingerprint density at radius 1 is 1.15 bits per heavy atom. The van der Waals surface area contributed by atoms with Crippen molar-refractivity contribution in [3.8, 4) is 5.69 Å². The molecular formula is C17H16ClF3N4O2. The SMILES string of the molecule is NC(=O)C1CCN(C(=O)c2cnn(-c3ccc(Cl)cc3)c2C(F)(F)F)CC1. The van der Waals surface area contributed by atoms with Crippen LogP contribution in [0.25, 0.3) is 5.69 Å². The van der Waals surface area contributed by atoms with Crippen molar-refractivity contribution in [3.63, 3.8) is 0 Å². The first-order chi connectivity index (χ1) is 12.7. The molecule has 6 nitrogen and oxygen atoms in total. The number of halogens is 4. The zero-order valence-corrected chi connectivity index (χ0v) is 14.8. The first-order valence-electron chi connectivity index (χ1n) is 8.18. The Balaban J connectivity index is 1.93. The van der Waals surface area contributed by atoms with Gasteiger partial charge in [0.1, 0.15) is 0 Å². The zero-order valence-electron chi connectivity index (χ0n) is 14.0. The predicted molar refractivity (Wildman–Crippen MR) is 91.4 cm³/mol. The zero-order chi connectivity index (χ0) is 19.8. The van der Waals surface area contributed by atoms with E-state index in [1.165, 1.54) is 29.2 Å². The Bertz CT molecular complexity index is 856. The highest BCUT2D eigenvalue weighted by Gasteiger charge is 2.42. The van der Waals surface area contributed by atoms with E-state index in [0.29, 0.717) is 22.5 Å². The number of carbonyl (C=O) groups is 2. The molecule has 1 aliphatic rings. The molecule has 0 radical (unpaired) electrons. The van der Waals surface area contributed by atoms with Crippen LogP contribution in [0.2, 0.25) is 5.02 Å². The molecule has 2 amide bonds. The maximum absolute atomic E-state index is 13.7. The van der Waals surface area contributed by atoms with Crippen molar-refractivity contribution in [2.24, 2.45) is 11.7 Å². The minimum Gasteiger partial charge on any atom is -0.369 e. The van der Waals surface area contributed by atoms with Crippen LogP contribution in [-0.4, -0.2) is 39.6 Å². The lowest BCUT2D eigenvalue weighted by molar-refractivity contribution is -0.143. The molecule has 3 rings (SSSR count). The third-order valence-corrected chi connectivity index (χ3v) is 4.78. The molecular weight excluding hydrogens is 385 g/mol. The van der Waals surface area contributed by atoms with Gasteiger partial charge in [0.05, 0.1) is 17.4 Å².